The van der Waals surface area contributed by atoms with Crippen molar-refractivity contribution in [3.63, 3.8) is 0 Å². The van der Waals surface area contributed by atoms with E-state index in [2.05, 4.69) is 0 Å². The first-order valence-corrected chi connectivity index (χ1v) is 9.29. The summed E-state index contributed by atoms with van der Waals surface area (Å²) < 4.78 is 16.1. The molecule has 1 aromatic carbocycles. The van der Waals surface area contributed by atoms with Crippen molar-refractivity contribution in [2.24, 2.45) is 5.92 Å². The minimum absolute atomic E-state index is 0.242. The maximum absolute atomic E-state index is 13.2. The number of fused-ring (bicyclic) bond motifs is 1. The van der Waals surface area contributed by atoms with E-state index in [9.17, 15) is 14.4 Å². The van der Waals surface area contributed by atoms with Gasteiger partial charge in [0.15, 0.2) is 0 Å². The molecule has 2 rings (SSSR count). The maximum Gasteiger partial charge on any atom is 0.421 e. The zero-order valence-electron chi connectivity index (χ0n) is 17.6. The van der Waals surface area contributed by atoms with Crippen molar-refractivity contribution in [1.82, 2.24) is 0 Å². The lowest BCUT2D eigenvalue weighted by molar-refractivity contribution is -0.162. The molecule has 0 N–H and O–H groups in total. The molecule has 1 atom stereocenters. The predicted molar refractivity (Wildman–Crippen MR) is 104 cm³/mol. The summed E-state index contributed by atoms with van der Waals surface area (Å²) in [6.45, 7) is 10.3. The third kappa shape index (κ3) is 5.24. The van der Waals surface area contributed by atoms with Crippen molar-refractivity contribution >= 4 is 23.7 Å². The third-order valence-electron chi connectivity index (χ3n) is 4.02. The highest BCUT2D eigenvalue weighted by Crippen LogP contribution is 2.34. The Hall–Kier alpha value is -2.57. The zero-order chi connectivity index (χ0) is 21.3. The molecule has 0 radical (unpaired) electrons. The van der Waals surface area contributed by atoms with Gasteiger partial charge in [-0.25, -0.2) is 9.69 Å². The van der Waals surface area contributed by atoms with E-state index in [1.54, 1.807) is 59.7 Å². The van der Waals surface area contributed by atoms with Crippen molar-refractivity contribution < 1.29 is 28.6 Å². The maximum atomic E-state index is 13.2. The van der Waals surface area contributed by atoms with E-state index < -0.39 is 35.1 Å². The molecule has 1 aliphatic rings. The molecular weight excluding hydrogens is 362 g/mol. The summed E-state index contributed by atoms with van der Waals surface area (Å²) in [4.78, 5) is 39.7. The molecule has 0 spiro atoms. The Labute approximate surface area is 165 Å². The molecule has 0 aromatic heterocycles. The molecule has 0 fully saturated rings. The number of carbonyl (C=O) groups excluding carboxylic acids is 3. The molecule has 2 amide bonds. The molecule has 1 aliphatic heterocycles. The fourth-order valence-electron chi connectivity index (χ4n) is 2.88. The number of hydrogen-bond acceptors (Lipinski definition) is 6. The molecule has 28 heavy (non-hydrogen) atoms. The number of methoxy groups -OCH3 is 1. The van der Waals surface area contributed by atoms with Crippen LogP contribution in [-0.2, 0) is 25.5 Å². The van der Waals surface area contributed by atoms with Crippen LogP contribution in [0.25, 0.3) is 0 Å². The van der Waals surface area contributed by atoms with E-state index in [1.165, 1.54) is 7.11 Å². The fraction of sp³-hybridized carbons (Fsp3) is 0.571. The second kappa shape index (κ2) is 7.81. The Kier molecular flexibility index (Phi) is 6.06. The van der Waals surface area contributed by atoms with Gasteiger partial charge in [-0.1, -0.05) is 6.07 Å². The Morgan fingerprint density at radius 3 is 2.18 bits per heavy atom. The van der Waals surface area contributed by atoms with Crippen LogP contribution in [0, 0.1) is 5.92 Å². The van der Waals surface area contributed by atoms with Crippen LogP contribution in [0.4, 0.5) is 10.5 Å². The SMILES string of the molecule is COc1ccc2c(c1)N(C(=O)OC(C)(C)C)C(=O)[C@H](C(=O)OC(C)(C)C)CC2. The van der Waals surface area contributed by atoms with Crippen LogP contribution in [0.3, 0.4) is 0 Å². The highest BCUT2D eigenvalue weighted by atomic mass is 16.6. The van der Waals surface area contributed by atoms with Gasteiger partial charge in [-0.05, 0) is 66.0 Å². The van der Waals surface area contributed by atoms with Crippen molar-refractivity contribution in [3.8, 4) is 5.75 Å². The molecule has 1 heterocycles. The third-order valence-corrected chi connectivity index (χ3v) is 4.02. The summed E-state index contributed by atoms with van der Waals surface area (Å²) in [5, 5.41) is 0. The van der Waals surface area contributed by atoms with Gasteiger partial charge in [-0.2, -0.15) is 0 Å². The van der Waals surface area contributed by atoms with E-state index in [4.69, 9.17) is 14.2 Å². The number of esters is 1. The molecule has 0 unspecified atom stereocenters. The van der Waals surface area contributed by atoms with E-state index in [-0.39, 0.29) is 6.42 Å². The number of aryl methyl sites for hydroxylation is 1. The number of benzene rings is 1. The molecule has 1 aromatic rings. The summed E-state index contributed by atoms with van der Waals surface area (Å²) >= 11 is 0. The molecule has 0 aliphatic carbocycles. The van der Waals surface area contributed by atoms with Gasteiger partial charge in [-0.3, -0.25) is 9.59 Å². The zero-order valence-corrected chi connectivity index (χ0v) is 17.6. The number of rotatable bonds is 2. The average Bonchev–Trinajstić information content (AvgIpc) is 2.66. The summed E-state index contributed by atoms with van der Waals surface area (Å²) in [6, 6.07) is 5.15. The Morgan fingerprint density at radius 1 is 1.04 bits per heavy atom. The second-order valence-corrected chi connectivity index (χ2v) is 8.77. The molecule has 7 nitrogen and oxygen atoms in total. The molecule has 7 heteroatoms. The van der Waals surface area contributed by atoms with Crippen molar-refractivity contribution in [3.05, 3.63) is 23.8 Å². The van der Waals surface area contributed by atoms with Crippen LogP contribution in [-0.4, -0.2) is 36.3 Å². The smallest absolute Gasteiger partial charge is 0.421 e. The summed E-state index contributed by atoms with van der Waals surface area (Å²) in [5.74, 6) is -1.90. The molecule has 154 valence electrons. The first kappa shape index (κ1) is 21.7. The monoisotopic (exact) mass is 391 g/mol. The van der Waals surface area contributed by atoms with Crippen molar-refractivity contribution in [2.45, 2.75) is 65.6 Å². The van der Waals surface area contributed by atoms with E-state index in [0.717, 1.165) is 10.5 Å². The minimum atomic E-state index is -1.09. The number of carbonyl (C=O) groups is 3. The molecule has 0 saturated heterocycles. The number of imide groups is 1. The van der Waals surface area contributed by atoms with Crippen molar-refractivity contribution in [2.75, 3.05) is 12.0 Å². The van der Waals surface area contributed by atoms with Crippen molar-refractivity contribution in [1.29, 1.82) is 0 Å². The Balaban J connectivity index is 2.49. The first-order chi connectivity index (χ1) is 12.8. The lowest BCUT2D eigenvalue weighted by atomic mass is 10.00. The minimum Gasteiger partial charge on any atom is -0.497 e. The van der Waals surface area contributed by atoms with Gasteiger partial charge < -0.3 is 14.2 Å². The van der Waals surface area contributed by atoms with Gasteiger partial charge in [-0.15, -0.1) is 0 Å². The normalized spacial score (nSPS) is 17.5. The fourth-order valence-corrected chi connectivity index (χ4v) is 2.88. The van der Waals surface area contributed by atoms with Gasteiger partial charge in [0.2, 0.25) is 0 Å². The van der Waals surface area contributed by atoms with Gasteiger partial charge in [0.05, 0.1) is 12.8 Å². The highest BCUT2D eigenvalue weighted by Gasteiger charge is 2.42. The topological polar surface area (TPSA) is 82.1 Å². The first-order valence-electron chi connectivity index (χ1n) is 9.29. The van der Waals surface area contributed by atoms with Gasteiger partial charge in [0.1, 0.15) is 22.9 Å². The number of hydrogen-bond donors (Lipinski definition) is 0. The highest BCUT2D eigenvalue weighted by molar-refractivity contribution is 6.18. The van der Waals surface area contributed by atoms with Gasteiger partial charge in [0, 0.05) is 6.07 Å². The number of nitrogens with zero attached hydrogens (tertiary/aromatic N) is 1. The van der Waals surface area contributed by atoms with Gasteiger partial charge in [0.25, 0.3) is 5.91 Å². The van der Waals surface area contributed by atoms with Crippen LogP contribution < -0.4 is 9.64 Å². The summed E-state index contributed by atoms with van der Waals surface area (Å²) in [6.07, 6.45) is -0.150. The van der Waals surface area contributed by atoms with E-state index in [1.807, 2.05) is 0 Å². The quantitative estimate of drug-likeness (QED) is 0.562. The Morgan fingerprint density at radius 2 is 1.64 bits per heavy atom. The van der Waals surface area contributed by atoms with E-state index in [0.29, 0.717) is 17.9 Å². The lowest BCUT2D eigenvalue weighted by Crippen LogP contribution is -2.46. The number of amides is 2. The van der Waals surface area contributed by atoms with Crippen LogP contribution in [0.5, 0.6) is 5.75 Å². The lowest BCUT2D eigenvalue weighted by Gasteiger charge is -2.28. The van der Waals surface area contributed by atoms with Crippen LogP contribution >= 0.6 is 0 Å². The average molecular weight is 391 g/mol. The standard InChI is InChI=1S/C21H29NO6/c1-20(2,3)27-18(24)15-11-9-13-8-10-14(26-7)12-16(13)22(17(15)23)19(25)28-21(4,5)6/h8,10,12,15H,9,11H2,1-7H3/t15-/m1/s1. The molecular formula is C21H29NO6. The van der Waals surface area contributed by atoms with Crippen LogP contribution in [0.2, 0.25) is 0 Å². The van der Waals surface area contributed by atoms with Crippen LogP contribution in [0.1, 0.15) is 53.5 Å². The molecule has 0 bridgehead atoms. The molecule has 0 saturated carbocycles. The second-order valence-electron chi connectivity index (χ2n) is 8.77. The predicted octanol–water partition coefficient (Wildman–Crippen LogP) is 3.87. The summed E-state index contributed by atoms with van der Waals surface area (Å²) in [5.41, 5.74) is -0.420. The largest absolute Gasteiger partial charge is 0.497 e. The Bertz CT molecular complexity index is 772. The number of ether oxygens (including phenoxy) is 3. The van der Waals surface area contributed by atoms with E-state index >= 15 is 0 Å². The summed E-state index contributed by atoms with van der Waals surface area (Å²) in [7, 11) is 1.50. The van der Waals surface area contributed by atoms with Gasteiger partial charge >= 0.3 is 12.1 Å². The van der Waals surface area contributed by atoms with Crippen LogP contribution in [0.15, 0.2) is 18.2 Å². The number of anilines is 1.